The standard InChI is InChI=1S/C13H18N2O3/c1-8-5-11(16)10(6-14-8)13(18)15(2)7-12(17)9-3-4-9/h5-6,9,12,17H,3-4,7H2,1-2H3,(H,14,16). The predicted octanol–water partition coefficient (Wildman–Crippen LogP) is 0.526. The maximum absolute atomic E-state index is 12.1. The Hall–Kier alpha value is -1.62. The molecule has 0 spiro atoms. The molecule has 0 saturated heterocycles. The number of pyridine rings is 1. The van der Waals surface area contributed by atoms with Crippen LogP contribution in [0.3, 0.4) is 0 Å². The van der Waals surface area contributed by atoms with Crippen molar-refractivity contribution in [3.63, 3.8) is 0 Å². The van der Waals surface area contributed by atoms with Gasteiger partial charge in [0, 0.05) is 31.5 Å². The molecule has 1 amide bonds. The summed E-state index contributed by atoms with van der Waals surface area (Å²) in [5.74, 6) is -0.0347. The Morgan fingerprint density at radius 3 is 2.83 bits per heavy atom. The van der Waals surface area contributed by atoms with E-state index in [1.807, 2.05) is 0 Å². The third kappa shape index (κ3) is 2.79. The number of likely N-dealkylation sites (N-methyl/N-ethyl adjacent to an activating group) is 1. The molecule has 1 atom stereocenters. The molecule has 1 aliphatic rings. The van der Waals surface area contributed by atoms with Crippen molar-refractivity contribution in [3.8, 4) is 0 Å². The van der Waals surface area contributed by atoms with Crippen LogP contribution in [0.15, 0.2) is 17.1 Å². The third-order valence-corrected chi connectivity index (χ3v) is 3.26. The fourth-order valence-corrected chi connectivity index (χ4v) is 1.94. The normalized spacial score (nSPS) is 16.4. The van der Waals surface area contributed by atoms with E-state index < -0.39 is 6.10 Å². The molecule has 1 unspecified atom stereocenters. The van der Waals surface area contributed by atoms with Gasteiger partial charge in [-0.15, -0.1) is 0 Å². The molecule has 2 N–H and O–H groups in total. The number of hydrogen-bond donors (Lipinski definition) is 2. The first kappa shape index (κ1) is 12.8. The lowest BCUT2D eigenvalue weighted by Gasteiger charge is -2.20. The highest BCUT2D eigenvalue weighted by atomic mass is 16.3. The molecule has 0 radical (unpaired) electrons. The molecule has 18 heavy (non-hydrogen) atoms. The second kappa shape index (κ2) is 4.94. The molecule has 5 nitrogen and oxygen atoms in total. The smallest absolute Gasteiger partial charge is 0.259 e. The lowest BCUT2D eigenvalue weighted by Crippen LogP contribution is -2.37. The minimum atomic E-state index is -0.483. The van der Waals surface area contributed by atoms with E-state index >= 15 is 0 Å². The summed E-state index contributed by atoms with van der Waals surface area (Å²) in [7, 11) is 1.60. The molecule has 5 heteroatoms. The number of carbonyl (C=O) groups excluding carboxylic acids is 1. The van der Waals surface area contributed by atoms with E-state index in [-0.39, 0.29) is 23.4 Å². The average Bonchev–Trinajstić information content (AvgIpc) is 3.11. The number of aliphatic hydroxyl groups is 1. The van der Waals surface area contributed by atoms with E-state index in [2.05, 4.69) is 4.98 Å². The first-order chi connectivity index (χ1) is 8.49. The average molecular weight is 250 g/mol. The van der Waals surface area contributed by atoms with Gasteiger partial charge in [0.15, 0.2) is 5.43 Å². The zero-order valence-electron chi connectivity index (χ0n) is 10.6. The predicted molar refractivity (Wildman–Crippen MR) is 67.5 cm³/mol. The van der Waals surface area contributed by atoms with Gasteiger partial charge < -0.3 is 15.0 Å². The topological polar surface area (TPSA) is 73.4 Å². The van der Waals surface area contributed by atoms with E-state index in [0.717, 1.165) is 18.5 Å². The molecule has 1 saturated carbocycles. The van der Waals surface area contributed by atoms with Crippen LogP contribution < -0.4 is 5.43 Å². The van der Waals surface area contributed by atoms with Gasteiger partial charge in [0.1, 0.15) is 5.56 Å². The minimum absolute atomic E-state index is 0.117. The SMILES string of the molecule is Cc1cc(=O)c(C(=O)N(C)CC(O)C2CC2)c[nH]1. The number of aromatic nitrogens is 1. The van der Waals surface area contributed by atoms with Crippen LogP contribution in [0.5, 0.6) is 0 Å². The number of aliphatic hydroxyl groups excluding tert-OH is 1. The second-order valence-corrected chi connectivity index (χ2v) is 4.98. The lowest BCUT2D eigenvalue weighted by atomic mass is 10.2. The number of nitrogens with zero attached hydrogens (tertiary/aromatic N) is 1. The molecule has 1 aromatic rings. The number of carbonyl (C=O) groups is 1. The third-order valence-electron chi connectivity index (χ3n) is 3.26. The van der Waals surface area contributed by atoms with Crippen LogP contribution >= 0.6 is 0 Å². The molecule has 1 heterocycles. The fraction of sp³-hybridized carbons (Fsp3) is 0.538. The first-order valence-corrected chi connectivity index (χ1v) is 6.12. The second-order valence-electron chi connectivity index (χ2n) is 4.98. The number of aryl methyl sites for hydroxylation is 1. The summed E-state index contributed by atoms with van der Waals surface area (Å²) >= 11 is 0. The van der Waals surface area contributed by atoms with Crippen molar-refractivity contribution in [2.45, 2.75) is 25.9 Å². The van der Waals surface area contributed by atoms with Crippen LogP contribution in [0, 0.1) is 12.8 Å². The van der Waals surface area contributed by atoms with E-state index in [0.29, 0.717) is 5.92 Å². The molecule has 98 valence electrons. The van der Waals surface area contributed by atoms with Crippen LogP contribution in [0.1, 0.15) is 28.9 Å². The van der Waals surface area contributed by atoms with E-state index in [9.17, 15) is 14.7 Å². The van der Waals surface area contributed by atoms with Gasteiger partial charge in [0.2, 0.25) is 0 Å². The van der Waals surface area contributed by atoms with Crippen LogP contribution in [0.25, 0.3) is 0 Å². The maximum atomic E-state index is 12.1. The highest BCUT2D eigenvalue weighted by molar-refractivity contribution is 5.93. The molecule has 0 bridgehead atoms. The van der Waals surface area contributed by atoms with Crippen LogP contribution in [0.4, 0.5) is 0 Å². The molecule has 2 rings (SSSR count). The molecule has 1 aromatic heterocycles. The van der Waals surface area contributed by atoms with Gasteiger partial charge in [-0.25, -0.2) is 0 Å². The summed E-state index contributed by atoms with van der Waals surface area (Å²) in [4.78, 5) is 28.0. The van der Waals surface area contributed by atoms with Gasteiger partial charge in [0.05, 0.1) is 6.10 Å². The fourth-order valence-electron chi connectivity index (χ4n) is 1.94. The molecular formula is C13H18N2O3. The van der Waals surface area contributed by atoms with E-state index in [1.54, 1.807) is 14.0 Å². The molecule has 0 aromatic carbocycles. The van der Waals surface area contributed by atoms with Crippen molar-refractivity contribution < 1.29 is 9.90 Å². The van der Waals surface area contributed by atoms with Crippen LogP contribution in [-0.4, -0.2) is 40.6 Å². The van der Waals surface area contributed by atoms with Crippen molar-refractivity contribution in [2.24, 2.45) is 5.92 Å². The largest absolute Gasteiger partial charge is 0.391 e. The van der Waals surface area contributed by atoms with Gasteiger partial charge in [-0.1, -0.05) is 0 Å². The summed E-state index contributed by atoms with van der Waals surface area (Å²) in [6.45, 7) is 2.03. The number of rotatable bonds is 4. The number of aromatic amines is 1. The van der Waals surface area contributed by atoms with Gasteiger partial charge in [-0.05, 0) is 25.7 Å². The minimum Gasteiger partial charge on any atom is -0.391 e. The van der Waals surface area contributed by atoms with Crippen LogP contribution in [-0.2, 0) is 0 Å². The van der Waals surface area contributed by atoms with Gasteiger partial charge >= 0.3 is 0 Å². The van der Waals surface area contributed by atoms with Crippen molar-refractivity contribution in [2.75, 3.05) is 13.6 Å². The van der Waals surface area contributed by atoms with Gasteiger partial charge in [-0.3, -0.25) is 9.59 Å². The van der Waals surface area contributed by atoms with E-state index in [4.69, 9.17) is 0 Å². The Morgan fingerprint density at radius 1 is 1.61 bits per heavy atom. The van der Waals surface area contributed by atoms with Crippen molar-refractivity contribution >= 4 is 5.91 Å². The van der Waals surface area contributed by atoms with Crippen molar-refractivity contribution in [3.05, 3.63) is 33.7 Å². The molecule has 0 aliphatic heterocycles. The Balaban J connectivity index is 2.07. The highest BCUT2D eigenvalue weighted by Gasteiger charge is 2.31. The molecule has 1 fully saturated rings. The highest BCUT2D eigenvalue weighted by Crippen LogP contribution is 2.32. The number of hydrogen-bond acceptors (Lipinski definition) is 3. The van der Waals surface area contributed by atoms with Crippen molar-refractivity contribution in [1.82, 2.24) is 9.88 Å². The van der Waals surface area contributed by atoms with E-state index in [1.165, 1.54) is 17.2 Å². The number of H-pyrrole nitrogens is 1. The monoisotopic (exact) mass is 250 g/mol. The van der Waals surface area contributed by atoms with Gasteiger partial charge in [0.25, 0.3) is 5.91 Å². The Labute approximate surface area is 105 Å². The Morgan fingerprint density at radius 2 is 2.28 bits per heavy atom. The summed E-state index contributed by atoms with van der Waals surface area (Å²) in [5, 5.41) is 9.79. The van der Waals surface area contributed by atoms with Crippen molar-refractivity contribution in [1.29, 1.82) is 0 Å². The Bertz CT molecular complexity index is 505. The summed E-state index contributed by atoms with van der Waals surface area (Å²) < 4.78 is 0. The van der Waals surface area contributed by atoms with Crippen LogP contribution in [0.2, 0.25) is 0 Å². The quantitative estimate of drug-likeness (QED) is 0.818. The Kier molecular flexibility index (Phi) is 3.52. The zero-order valence-corrected chi connectivity index (χ0v) is 10.6. The number of nitrogens with one attached hydrogen (secondary N) is 1. The summed E-state index contributed by atoms with van der Waals surface area (Å²) in [6.07, 6.45) is 2.99. The summed E-state index contributed by atoms with van der Waals surface area (Å²) in [6, 6.07) is 1.40. The molecular weight excluding hydrogens is 232 g/mol. The van der Waals surface area contributed by atoms with Gasteiger partial charge in [-0.2, -0.15) is 0 Å². The zero-order chi connectivity index (χ0) is 13.3. The first-order valence-electron chi connectivity index (χ1n) is 6.12. The summed E-state index contributed by atoms with van der Waals surface area (Å²) in [5.41, 5.74) is 0.548. The number of amides is 1. The maximum Gasteiger partial charge on any atom is 0.259 e. The molecule has 1 aliphatic carbocycles. The lowest BCUT2D eigenvalue weighted by molar-refractivity contribution is 0.0644.